The van der Waals surface area contributed by atoms with E-state index in [1.807, 2.05) is 0 Å². The Morgan fingerprint density at radius 1 is 0.291 bits per heavy atom. The lowest BCUT2D eigenvalue weighted by Crippen LogP contribution is -2.28. The van der Waals surface area contributed by atoms with Crippen LogP contribution in [0, 0.1) is 0 Å². The zero-order valence-electron chi connectivity index (χ0n) is 44.3. The first kappa shape index (κ1) is 47.9. The lowest BCUT2D eigenvalue weighted by atomic mass is 9.67. The van der Waals surface area contributed by atoms with Crippen LogP contribution in [0.3, 0.4) is 0 Å². The van der Waals surface area contributed by atoms with Crippen LogP contribution in [-0.4, -0.2) is 0 Å². The third-order valence-electron chi connectivity index (χ3n) is 16.9. The highest BCUT2D eigenvalue weighted by Gasteiger charge is 2.47. The SMILES string of the molecule is c1ccc(-c2cccc3c2-c2ccc(N(c4ccc(C5CCCCC5)cc4)c4cc(-c5ccc6ccccc6c5-c5ccccc5)cc(N(c5ccccc5)c5ccccc5)c4)cc2C3(c2ccccc2)c2ccccc2)cc1. The first-order valence-electron chi connectivity index (χ1n) is 28.2. The lowest BCUT2D eigenvalue weighted by molar-refractivity contribution is 0.443. The Labute approximate surface area is 465 Å². The van der Waals surface area contributed by atoms with Crippen LogP contribution in [0.2, 0.25) is 0 Å². The molecule has 378 valence electrons. The molecule has 1 saturated carbocycles. The fourth-order valence-electron chi connectivity index (χ4n) is 13.3. The van der Waals surface area contributed by atoms with Crippen LogP contribution in [0.4, 0.5) is 34.1 Å². The Morgan fingerprint density at radius 3 is 1.41 bits per heavy atom. The maximum absolute atomic E-state index is 2.54. The van der Waals surface area contributed by atoms with E-state index >= 15 is 0 Å². The Hall–Kier alpha value is -9.50. The van der Waals surface area contributed by atoms with Crippen LogP contribution in [0.15, 0.2) is 297 Å². The number of hydrogen-bond donors (Lipinski definition) is 0. The number of para-hydroxylation sites is 2. The molecule has 0 spiro atoms. The lowest BCUT2D eigenvalue weighted by Gasteiger charge is -2.35. The highest BCUT2D eigenvalue weighted by atomic mass is 15.2. The van der Waals surface area contributed by atoms with Crippen molar-refractivity contribution >= 4 is 44.9 Å². The van der Waals surface area contributed by atoms with E-state index in [2.05, 4.69) is 307 Å². The summed E-state index contributed by atoms with van der Waals surface area (Å²) in [6.45, 7) is 0. The van der Waals surface area contributed by atoms with Crippen molar-refractivity contribution in [3.05, 3.63) is 325 Å². The van der Waals surface area contributed by atoms with E-state index in [0.717, 1.165) is 39.7 Å². The van der Waals surface area contributed by atoms with Crippen LogP contribution < -0.4 is 9.80 Å². The molecule has 1 fully saturated rings. The van der Waals surface area contributed by atoms with E-state index in [9.17, 15) is 0 Å². The Balaban J connectivity index is 1.07. The Kier molecular flexibility index (Phi) is 12.6. The van der Waals surface area contributed by atoms with Gasteiger partial charge in [-0.3, -0.25) is 0 Å². The van der Waals surface area contributed by atoms with Gasteiger partial charge < -0.3 is 9.80 Å². The zero-order valence-corrected chi connectivity index (χ0v) is 44.3. The Bertz CT molecular complexity index is 4000. The van der Waals surface area contributed by atoms with Gasteiger partial charge in [-0.05, 0) is 169 Å². The second-order valence-electron chi connectivity index (χ2n) is 21.4. The van der Waals surface area contributed by atoms with Crippen molar-refractivity contribution in [3.63, 3.8) is 0 Å². The molecule has 2 heteroatoms. The van der Waals surface area contributed by atoms with E-state index in [4.69, 9.17) is 0 Å². The second kappa shape index (κ2) is 20.8. The molecule has 12 aromatic rings. The maximum Gasteiger partial charge on any atom is 0.0714 e. The van der Waals surface area contributed by atoms with Gasteiger partial charge >= 0.3 is 0 Å². The zero-order chi connectivity index (χ0) is 52.5. The predicted octanol–water partition coefficient (Wildman–Crippen LogP) is 21.2. The molecule has 0 amide bonds. The number of fused-ring (bicyclic) bond motifs is 4. The molecule has 12 aromatic carbocycles. The summed E-state index contributed by atoms with van der Waals surface area (Å²) in [6.07, 6.45) is 6.41. The van der Waals surface area contributed by atoms with Gasteiger partial charge in [0.05, 0.1) is 5.41 Å². The van der Waals surface area contributed by atoms with Gasteiger partial charge in [0.15, 0.2) is 0 Å². The van der Waals surface area contributed by atoms with Crippen molar-refractivity contribution in [2.45, 2.75) is 43.4 Å². The summed E-state index contributed by atoms with van der Waals surface area (Å²) in [5.41, 5.74) is 22.0. The molecule has 79 heavy (non-hydrogen) atoms. The van der Waals surface area contributed by atoms with Crippen molar-refractivity contribution in [3.8, 4) is 44.5 Å². The number of benzene rings is 12. The van der Waals surface area contributed by atoms with Crippen molar-refractivity contribution in [1.29, 1.82) is 0 Å². The minimum Gasteiger partial charge on any atom is -0.310 e. The summed E-state index contributed by atoms with van der Waals surface area (Å²) >= 11 is 0. The molecule has 0 unspecified atom stereocenters. The molecule has 2 aliphatic rings. The third kappa shape index (κ3) is 8.62. The molecule has 2 aliphatic carbocycles. The van der Waals surface area contributed by atoms with Gasteiger partial charge in [-0.1, -0.05) is 250 Å². The second-order valence-corrected chi connectivity index (χ2v) is 21.4. The van der Waals surface area contributed by atoms with Gasteiger partial charge in [-0.15, -0.1) is 0 Å². The van der Waals surface area contributed by atoms with Crippen LogP contribution in [0.5, 0.6) is 0 Å². The number of anilines is 6. The molecule has 0 saturated heterocycles. The predicted molar refractivity (Wildman–Crippen MR) is 333 cm³/mol. The summed E-state index contributed by atoms with van der Waals surface area (Å²) in [5, 5.41) is 2.44. The van der Waals surface area contributed by atoms with Crippen molar-refractivity contribution in [1.82, 2.24) is 0 Å². The van der Waals surface area contributed by atoms with Crippen LogP contribution in [0.1, 0.15) is 65.8 Å². The van der Waals surface area contributed by atoms with Crippen LogP contribution in [0.25, 0.3) is 55.3 Å². The highest BCUT2D eigenvalue weighted by Crippen LogP contribution is 2.60. The van der Waals surface area contributed by atoms with Gasteiger partial charge in [-0.2, -0.15) is 0 Å². The fraction of sp³-hybridized carbons (Fsp3) is 0.0909. The van der Waals surface area contributed by atoms with Gasteiger partial charge in [0.25, 0.3) is 0 Å². The molecule has 0 bridgehead atoms. The minimum atomic E-state index is -0.634. The molecule has 0 heterocycles. The average Bonchev–Trinajstić information content (AvgIpc) is 4.06. The quantitative estimate of drug-likeness (QED) is 0.120. The Morgan fingerprint density at radius 2 is 0.785 bits per heavy atom. The third-order valence-corrected chi connectivity index (χ3v) is 16.9. The molecule has 0 radical (unpaired) electrons. The summed E-state index contributed by atoms with van der Waals surface area (Å²) in [6, 6.07) is 111. The topological polar surface area (TPSA) is 6.48 Å². The van der Waals surface area contributed by atoms with E-state index in [1.165, 1.54) is 110 Å². The minimum absolute atomic E-state index is 0.579. The largest absolute Gasteiger partial charge is 0.310 e. The van der Waals surface area contributed by atoms with E-state index in [1.54, 1.807) is 0 Å². The monoisotopic (exact) mass is 1010 g/mol. The summed E-state index contributed by atoms with van der Waals surface area (Å²) in [5.74, 6) is 0.579. The first-order chi connectivity index (χ1) is 39.2. The fourth-order valence-corrected chi connectivity index (χ4v) is 13.3. The molecular formula is C77H60N2. The molecule has 0 atom stereocenters. The summed E-state index contributed by atoms with van der Waals surface area (Å²) < 4.78 is 0. The normalized spacial score (nSPS) is 13.6. The van der Waals surface area contributed by atoms with Crippen molar-refractivity contribution < 1.29 is 0 Å². The maximum atomic E-state index is 2.54. The summed E-state index contributed by atoms with van der Waals surface area (Å²) in [7, 11) is 0. The van der Waals surface area contributed by atoms with Gasteiger partial charge in [-0.25, -0.2) is 0 Å². The number of hydrogen-bond acceptors (Lipinski definition) is 2. The van der Waals surface area contributed by atoms with Gasteiger partial charge in [0.2, 0.25) is 0 Å². The summed E-state index contributed by atoms with van der Waals surface area (Å²) in [4.78, 5) is 4.96. The number of rotatable bonds is 12. The molecule has 0 aliphatic heterocycles. The first-order valence-corrected chi connectivity index (χ1v) is 28.2. The van der Waals surface area contributed by atoms with E-state index in [0.29, 0.717) is 5.92 Å². The smallest absolute Gasteiger partial charge is 0.0714 e. The van der Waals surface area contributed by atoms with Crippen molar-refractivity contribution in [2.75, 3.05) is 9.80 Å². The van der Waals surface area contributed by atoms with Crippen molar-refractivity contribution in [2.24, 2.45) is 0 Å². The van der Waals surface area contributed by atoms with Gasteiger partial charge in [0.1, 0.15) is 0 Å². The molecule has 2 nitrogen and oxygen atoms in total. The van der Waals surface area contributed by atoms with E-state index in [-0.39, 0.29) is 0 Å². The van der Waals surface area contributed by atoms with Crippen LogP contribution in [-0.2, 0) is 5.41 Å². The number of nitrogens with zero attached hydrogens (tertiary/aromatic N) is 2. The molecular weight excluding hydrogens is 953 g/mol. The van der Waals surface area contributed by atoms with Gasteiger partial charge in [0, 0.05) is 34.1 Å². The highest BCUT2D eigenvalue weighted by molar-refractivity contribution is 6.05. The van der Waals surface area contributed by atoms with E-state index < -0.39 is 5.41 Å². The molecule has 0 aromatic heterocycles. The standard InChI is InChI=1S/C77H60N2/c1-8-25-55(26-9-1)56-43-46-65(47-44-56)79(66-48-50-72-74(54-66)77(61-32-14-4-15-33-61,62-34-16-5-17-35-62)73-42-24-41-70(76(72)73)57-27-10-2-11-28-57)68-52-60(51-67(53-68)78(63-36-18-6-19-37-63)64-38-20-7-21-39-64)71-49-45-58-29-22-23-40-69(58)75(71)59-30-12-3-13-31-59/h2-7,10-24,27-55H,1,8-9,25-26H2. The molecule has 0 N–H and O–H groups in total. The van der Waals surface area contributed by atoms with Crippen LogP contribution >= 0.6 is 0 Å². The molecule has 14 rings (SSSR count). The average molecular weight is 1010 g/mol.